The third kappa shape index (κ3) is 2.39. The van der Waals surface area contributed by atoms with Crippen molar-refractivity contribution < 1.29 is 4.74 Å². The average Bonchev–Trinajstić information content (AvgIpc) is 2.05. The molecule has 1 aromatic rings. The van der Waals surface area contributed by atoms with E-state index in [1.165, 1.54) is 3.61 Å². The van der Waals surface area contributed by atoms with Crippen LogP contribution in [0, 0.1) is 0 Å². The fraction of sp³-hybridized carbons (Fsp3) is 0.333. The summed E-state index contributed by atoms with van der Waals surface area (Å²) in [5.41, 5.74) is 0. The van der Waals surface area contributed by atoms with E-state index in [9.17, 15) is 0 Å². The monoisotopic (exact) mass is 267 g/mol. The molecule has 60 valence electrons. The number of ether oxygens (including phenoxy) is 1. The molecule has 0 spiro atoms. The summed E-state index contributed by atoms with van der Waals surface area (Å²) in [5.74, 6) is 0.953. The van der Waals surface area contributed by atoms with E-state index in [1.54, 1.807) is 7.11 Å². The SMILES string of the molecule is COc1ccc([Te+](C)C)cc1. The van der Waals surface area contributed by atoms with Crippen LogP contribution in [0.5, 0.6) is 5.75 Å². The van der Waals surface area contributed by atoms with Gasteiger partial charge in [0.1, 0.15) is 0 Å². The molecular weight excluding hydrogens is 252 g/mol. The minimum absolute atomic E-state index is 0.888. The molecule has 0 bridgehead atoms. The van der Waals surface area contributed by atoms with Crippen LogP contribution in [0.1, 0.15) is 0 Å². The Labute approximate surface area is 75.0 Å². The van der Waals surface area contributed by atoms with Gasteiger partial charge in [0.25, 0.3) is 0 Å². The number of rotatable bonds is 2. The Hall–Kier alpha value is -0.190. The van der Waals surface area contributed by atoms with Gasteiger partial charge in [0.05, 0.1) is 0 Å². The summed E-state index contributed by atoms with van der Waals surface area (Å²) < 4.78 is 6.59. The van der Waals surface area contributed by atoms with Crippen LogP contribution in [0.25, 0.3) is 0 Å². The van der Waals surface area contributed by atoms with Crippen molar-refractivity contribution in [2.75, 3.05) is 7.11 Å². The van der Waals surface area contributed by atoms with Crippen LogP contribution >= 0.6 is 0 Å². The predicted molar refractivity (Wildman–Crippen MR) is 50.1 cm³/mol. The van der Waals surface area contributed by atoms with Crippen LogP contribution in [-0.4, -0.2) is 26.7 Å². The summed E-state index contributed by atoms with van der Waals surface area (Å²) in [5, 5.41) is 0. The second-order valence-corrected chi connectivity index (χ2v) is 8.50. The Balaban J connectivity index is 2.83. The zero-order chi connectivity index (χ0) is 8.27. The van der Waals surface area contributed by atoms with E-state index >= 15 is 0 Å². The Bertz CT molecular complexity index is 216. The zero-order valence-electron chi connectivity index (χ0n) is 7.13. The van der Waals surface area contributed by atoms with E-state index in [-0.39, 0.29) is 0 Å². The predicted octanol–water partition coefficient (Wildman–Crippen LogP) is 1.66. The van der Waals surface area contributed by atoms with Crippen molar-refractivity contribution in [1.82, 2.24) is 0 Å². The summed E-state index contributed by atoms with van der Waals surface area (Å²) in [4.78, 5) is 4.70. The van der Waals surface area contributed by atoms with Crippen LogP contribution in [0.3, 0.4) is 0 Å². The van der Waals surface area contributed by atoms with Crippen molar-refractivity contribution in [3.8, 4) is 5.75 Å². The van der Waals surface area contributed by atoms with Crippen molar-refractivity contribution in [3.05, 3.63) is 24.3 Å². The summed E-state index contributed by atoms with van der Waals surface area (Å²) >= 11 is -0.888. The van der Waals surface area contributed by atoms with Gasteiger partial charge in [0.15, 0.2) is 0 Å². The standard InChI is InChI=1S/C9H13OTe/c1-10-8-4-6-9(7-5-8)11(2)3/h4-7H,1-3H3/q+1. The van der Waals surface area contributed by atoms with E-state index in [0.717, 1.165) is 5.75 Å². The van der Waals surface area contributed by atoms with Gasteiger partial charge in [-0.25, -0.2) is 0 Å². The van der Waals surface area contributed by atoms with Gasteiger partial charge in [0, 0.05) is 0 Å². The molecule has 0 fully saturated rings. The fourth-order valence-corrected chi connectivity index (χ4v) is 2.79. The second-order valence-electron chi connectivity index (χ2n) is 2.49. The van der Waals surface area contributed by atoms with Gasteiger partial charge in [-0.1, -0.05) is 0 Å². The Kier molecular flexibility index (Phi) is 3.23. The Morgan fingerprint density at radius 1 is 1.09 bits per heavy atom. The topological polar surface area (TPSA) is 9.23 Å². The molecule has 1 aromatic carbocycles. The quantitative estimate of drug-likeness (QED) is 0.739. The van der Waals surface area contributed by atoms with Crippen molar-refractivity contribution in [3.63, 3.8) is 0 Å². The third-order valence-electron chi connectivity index (χ3n) is 1.53. The molecular formula is C9H13OTe+. The van der Waals surface area contributed by atoms with Crippen LogP contribution in [0.2, 0.25) is 9.94 Å². The van der Waals surface area contributed by atoms with Gasteiger partial charge in [0.2, 0.25) is 0 Å². The Morgan fingerprint density at radius 2 is 1.64 bits per heavy atom. The molecule has 0 unspecified atom stereocenters. The summed E-state index contributed by atoms with van der Waals surface area (Å²) in [7, 11) is 1.70. The molecule has 1 rings (SSSR count). The molecule has 0 atom stereocenters. The second kappa shape index (κ2) is 3.99. The molecule has 0 amide bonds. The zero-order valence-corrected chi connectivity index (χ0v) is 9.46. The number of methoxy groups -OCH3 is 1. The molecule has 0 aromatic heterocycles. The first kappa shape index (κ1) is 8.90. The molecule has 1 nitrogen and oxygen atoms in total. The van der Waals surface area contributed by atoms with Gasteiger partial charge >= 0.3 is 75.0 Å². The molecule has 0 radical (unpaired) electrons. The Morgan fingerprint density at radius 3 is 2.00 bits per heavy atom. The van der Waals surface area contributed by atoms with E-state index in [0.29, 0.717) is 0 Å². The molecule has 0 heterocycles. The summed E-state index contributed by atoms with van der Waals surface area (Å²) in [6, 6.07) is 8.43. The molecule has 0 N–H and O–H groups in total. The molecule has 0 saturated carbocycles. The number of benzene rings is 1. The van der Waals surface area contributed by atoms with Gasteiger partial charge in [-0.05, 0) is 0 Å². The number of hydrogen-bond acceptors (Lipinski definition) is 1. The molecule has 0 saturated heterocycles. The molecule has 0 aliphatic heterocycles. The molecule has 2 heteroatoms. The van der Waals surface area contributed by atoms with Crippen molar-refractivity contribution in [2.24, 2.45) is 0 Å². The maximum atomic E-state index is 5.07. The van der Waals surface area contributed by atoms with E-state index in [2.05, 4.69) is 22.1 Å². The van der Waals surface area contributed by atoms with Crippen LogP contribution in [0.4, 0.5) is 0 Å². The minimum atomic E-state index is -0.888. The van der Waals surface area contributed by atoms with Gasteiger partial charge in [-0.2, -0.15) is 0 Å². The first-order chi connectivity index (χ1) is 5.24. The first-order valence-corrected chi connectivity index (χ1v) is 9.28. The third-order valence-corrected chi connectivity index (χ3v) is 5.00. The fourth-order valence-electron chi connectivity index (χ4n) is 0.848. The van der Waals surface area contributed by atoms with Crippen LogP contribution < -0.4 is 8.35 Å². The van der Waals surface area contributed by atoms with Gasteiger partial charge < -0.3 is 0 Å². The summed E-state index contributed by atoms with van der Waals surface area (Å²) in [6.45, 7) is 0. The first-order valence-electron chi connectivity index (χ1n) is 3.45. The average molecular weight is 265 g/mol. The van der Waals surface area contributed by atoms with Gasteiger partial charge in [-0.3, -0.25) is 0 Å². The van der Waals surface area contributed by atoms with E-state index < -0.39 is 19.6 Å². The summed E-state index contributed by atoms with van der Waals surface area (Å²) in [6.07, 6.45) is 0. The maximum absolute atomic E-state index is 5.07. The van der Waals surface area contributed by atoms with Crippen molar-refractivity contribution in [2.45, 2.75) is 9.94 Å². The molecule has 0 aliphatic rings. The number of hydrogen-bond donors (Lipinski definition) is 0. The van der Waals surface area contributed by atoms with Crippen LogP contribution in [-0.2, 0) is 0 Å². The van der Waals surface area contributed by atoms with Crippen LogP contribution in [0.15, 0.2) is 24.3 Å². The van der Waals surface area contributed by atoms with Crippen molar-refractivity contribution in [1.29, 1.82) is 0 Å². The van der Waals surface area contributed by atoms with E-state index in [1.807, 2.05) is 12.1 Å². The molecule has 0 aliphatic carbocycles. The normalized spacial score (nSPS) is 10.2. The van der Waals surface area contributed by atoms with Crippen molar-refractivity contribution >= 4 is 23.2 Å². The van der Waals surface area contributed by atoms with E-state index in [4.69, 9.17) is 4.74 Å². The molecule has 11 heavy (non-hydrogen) atoms. The van der Waals surface area contributed by atoms with Gasteiger partial charge in [-0.15, -0.1) is 0 Å².